The maximum atomic E-state index is 13.2. The van der Waals surface area contributed by atoms with E-state index in [1.165, 1.54) is 257 Å². The molecular weight excluding hydrogens is 1390 g/mol. The van der Waals surface area contributed by atoms with Gasteiger partial charge in [0.05, 0.1) is 26.4 Å². The molecule has 3 N–H and O–H groups in total. The minimum Gasteiger partial charge on any atom is -0.462 e. The predicted molar refractivity (Wildman–Crippen MR) is 441 cm³/mol. The van der Waals surface area contributed by atoms with Gasteiger partial charge in [0.25, 0.3) is 0 Å². The molecule has 0 saturated heterocycles. The van der Waals surface area contributed by atoms with Crippen molar-refractivity contribution in [2.75, 3.05) is 39.6 Å². The van der Waals surface area contributed by atoms with Gasteiger partial charge < -0.3 is 33.8 Å². The van der Waals surface area contributed by atoms with Crippen molar-refractivity contribution in [1.82, 2.24) is 0 Å². The summed E-state index contributed by atoms with van der Waals surface area (Å²) in [5.41, 5.74) is 0. The molecule has 0 bridgehead atoms. The largest absolute Gasteiger partial charge is 0.472 e. The Bertz CT molecular complexity index is 2080. The molecule has 0 saturated carbocycles. The monoisotopic (exact) mass is 1560 g/mol. The zero-order valence-corrected chi connectivity index (χ0v) is 72.6. The van der Waals surface area contributed by atoms with Crippen LogP contribution in [0, 0.1) is 23.7 Å². The Balaban J connectivity index is 5.23. The van der Waals surface area contributed by atoms with Gasteiger partial charge in [-0.15, -0.1) is 0 Å². The topological polar surface area (TPSA) is 237 Å². The number of aliphatic hydroxyl groups excluding tert-OH is 1. The van der Waals surface area contributed by atoms with E-state index in [2.05, 4.69) is 55.4 Å². The molecular formula is C88H172O17P2. The molecule has 636 valence electrons. The van der Waals surface area contributed by atoms with Crippen molar-refractivity contribution in [3.8, 4) is 0 Å². The zero-order valence-electron chi connectivity index (χ0n) is 70.8. The molecule has 0 aromatic carbocycles. The molecule has 107 heavy (non-hydrogen) atoms. The van der Waals surface area contributed by atoms with Crippen LogP contribution in [0.3, 0.4) is 0 Å². The van der Waals surface area contributed by atoms with Crippen molar-refractivity contribution in [3.05, 3.63) is 0 Å². The van der Waals surface area contributed by atoms with E-state index in [1.54, 1.807) is 0 Å². The fourth-order valence-corrected chi connectivity index (χ4v) is 15.2. The summed E-state index contributed by atoms with van der Waals surface area (Å²) in [6.45, 7) is 14.4. The lowest BCUT2D eigenvalue weighted by molar-refractivity contribution is -0.161. The highest BCUT2D eigenvalue weighted by atomic mass is 31.2. The van der Waals surface area contributed by atoms with E-state index in [9.17, 15) is 43.2 Å². The summed E-state index contributed by atoms with van der Waals surface area (Å²) in [6, 6.07) is 0. The average molecular weight is 1560 g/mol. The lowest BCUT2D eigenvalue weighted by Crippen LogP contribution is -2.30. The Morgan fingerprint density at radius 2 is 0.449 bits per heavy atom. The molecule has 0 aliphatic heterocycles. The van der Waals surface area contributed by atoms with Gasteiger partial charge >= 0.3 is 39.5 Å². The van der Waals surface area contributed by atoms with Gasteiger partial charge in [0, 0.05) is 25.7 Å². The van der Waals surface area contributed by atoms with E-state index >= 15 is 0 Å². The number of hydrogen-bond donors (Lipinski definition) is 3. The van der Waals surface area contributed by atoms with Crippen molar-refractivity contribution >= 4 is 39.5 Å². The highest BCUT2D eigenvalue weighted by Gasteiger charge is 2.31. The van der Waals surface area contributed by atoms with Gasteiger partial charge in [-0.05, 0) is 49.4 Å². The Hall–Kier alpha value is -1.94. The normalized spacial score (nSPS) is 14.4. The second kappa shape index (κ2) is 76.7. The molecule has 0 amide bonds. The third-order valence-electron chi connectivity index (χ3n) is 21.3. The SMILES string of the molecule is CCC(C)CCCCCCCCCCCCCCCCCCCCC(=O)O[C@H](COC(=O)CCCCCCCCCCCCCCCCC(C)C)COP(=O)(O)OC[C@@H](O)COP(=O)(O)OC[C@@H](COC(=O)CCCCCCCCC(C)CC)OC(=O)CCCCCCCCCCCCCCCCCC(C)C. The smallest absolute Gasteiger partial charge is 0.462 e. The van der Waals surface area contributed by atoms with Crippen molar-refractivity contribution in [3.63, 3.8) is 0 Å². The lowest BCUT2D eigenvalue weighted by Gasteiger charge is -2.21. The molecule has 0 rings (SSSR count). The Kier molecular flexibility index (Phi) is 75.3. The van der Waals surface area contributed by atoms with Crippen LogP contribution in [0.4, 0.5) is 0 Å². The molecule has 0 aliphatic rings. The van der Waals surface area contributed by atoms with E-state index in [1.807, 2.05) is 0 Å². The van der Waals surface area contributed by atoms with Gasteiger partial charge in [0.15, 0.2) is 12.2 Å². The summed E-state index contributed by atoms with van der Waals surface area (Å²) >= 11 is 0. The van der Waals surface area contributed by atoms with Gasteiger partial charge in [0.1, 0.15) is 19.3 Å². The van der Waals surface area contributed by atoms with Gasteiger partial charge in [-0.2, -0.15) is 0 Å². The van der Waals surface area contributed by atoms with Crippen LogP contribution in [0.25, 0.3) is 0 Å². The number of aliphatic hydroxyl groups is 1. The number of unbranched alkanes of at least 4 members (excludes halogenated alkanes) is 49. The zero-order chi connectivity index (χ0) is 78.8. The summed E-state index contributed by atoms with van der Waals surface area (Å²) in [4.78, 5) is 73.3. The van der Waals surface area contributed by atoms with Crippen molar-refractivity contribution in [1.29, 1.82) is 0 Å². The summed E-state index contributed by atoms with van der Waals surface area (Å²) in [5, 5.41) is 10.7. The van der Waals surface area contributed by atoms with Crippen molar-refractivity contribution in [2.24, 2.45) is 23.7 Å². The highest BCUT2D eigenvalue weighted by Crippen LogP contribution is 2.45. The van der Waals surface area contributed by atoms with E-state index in [4.69, 9.17) is 37.0 Å². The second-order valence-electron chi connectivity index (χ2n) is 33.1. The fourth-order valence-electron chi connectivity index (χ4n) is 13.6. The van der Waals surface area contributed by atoms with Gasteiger partial charge in [-0.25, -0.2) is 9.13 Å². The van der Waals surface area contributed by atoms with Crippen LogP contribution in [0.2, 0.25) is 0 Å². The Labute approximate surface area is 658 Å². The molecule has 17 nitrogen and oxygen atoms in total. The minimum absolute atomic E-state index is 0.107. The molecule has 4 unspecified atom stereocenters. The first-order chi connectivity index (χ1) is 51.7. The molecule has 0 aromatic heterocycles. The number of carbonyl (C=O) groups is 4. The van der Waals surface area contributed by atoms with Crippen LogP contribution in [-0.2, 0) is 65.4 Å². The van der Waals surface area contributed by atoms with E-state index in [0.29, 0.717) is 25.7 Å². The molecule has 0 aromatic rings. The number of carbonyl (C=O) groups excluding carboxylic acids is 4. The fraction of sp³-hybridized carbons (Fsp3) is 0.955. The highest BCUT2D eigenvalue weighted by molar-refractivity contribution is 7.47. The van der Waals surface area contributed by atoms with Crippen molar-refractivity contribution < 1.29 is 80.2 Å². The molecule has 7 atom stereocenters. The third-order valence-corrected chi connectivity index (χ3v) is 23.2. The number of phosphoric acid groups is 2. The molecule has 0 heterocycles. The first-order valence-corrected chi connectivity index (χ1v) is 48.3. The van der Waals surface area contributed by atoms with E-state index in [-0.39, 0.29) is 25.7 Å². The van der Waals surface area contributed by atoms with Crippen LogP contribution in [0.5, 0.6) is 0 Å². The van der Waals surface area contributed by atoms with Crippen LogP contribution < -0.4 is 0 Å². The Morgan fingerprint density at radius 1 is 0.262 bits per heavy atom. The average Bonchev–Trinajstić information content (AvgIpc) is 0.901. The van der Waals surface area contributed by atoms with Gasteiger partial charge in [0.2, 0.25) is 0 Å². The maximum Gasteiger partial charge on any atom is 0.472 e. The van der Waals surface area contributed by atoms with Gasteiger partial charge in [-0.1, -0.05) is 409 Å². The summed E-state index contributed by atoms with van der Waals surface area (Å²) in [6.07, 6.45) is 66.7. The second-order valence-corrected chi connectivity index (χ2v) is 36.0. The number of phosphoric ester groups is 2. The standard InChI is InChI=1S/C88H172O17P2/c1-9-80(7)66-58-50-42-36-30-24-17-13-11-12-14-18-26-32-38-44-54-62-70-87(92)104-83(74-98-85(90)68-60-52-43-37-31-25-21-20-23-29-35-41-49-57-65-79(5)6)76-102-106(94,95)100-72-82(89)73-101-107(96,97)103-77-84(75-99-86(91)69-61-53-47-46-51-59-67-81(8)10-2)105-88(93)71-63-55-45-39-33-27-19-15-16-22-28-34-40-48-56-64-78(3)4/h78-84,89H,9-77H2,1-8H3,(H,94,95)(H,96,97)/t80?,81?,82-,83-,84-/m1/s1. The molecule has 19 heteroatoms. The van der Waals surface area contributed by atoms with Crippen LogP contribution in [0.15, 0.2) is 0 Å². The number of hydrogen-bond acceptors (Lipinski definition) is 15. The summed E-state index contributed by atoms with van der Waals surface area (Å²) in [5.74, 6) is 1.10. The first kappa shape index (κ1) is 105. The lowest BCUT2D eigenvalue weighted by atomic mass is 9.99. The minimum atomic E-state index is -4.97. The first-order valence-electron chi connectivity index (χ1n) is 45.3. The van der Waals surface area contributed by atoms with E-state index in [0.717, 1.165) is 120 Å². The molecule has 0 fully saturated rings. The van der Waals surface area contributed by atoms with Crippen molar-refractivity contribution in [2.45, 2.75) is 478 Å². The molecule has 0 radical (unpaired) electrons. The number of ether oxygens (including phenoxy) is 4. The van der Waals surface area contributed by atoms with Crippen LogP contribution in [0.1, 0.15) is 460 Å². The van der Waals surface area contributed by atoms with Crippen LogP contribution >= 0.6 is 15.6 Å². The number of rotatable bonds is 85. The molecule has 0 aliphatic carbocycles. The quantitative estimate of drug-likeness (QED) is 0.0222. The van der Waals surface area contributed by atoms with Gasteiger partial charge in [-0.3, -0.25) is 37.3 Å². The van der Waals surface area contributed by atoms with Crippen LogP contribution in [-0.4, -0.2) is 96.7 Å². The molecule has 0 spiro atoms. The van der Waals surface area contributed by atoms with E-state index < -0.39 is 97.5 Å². The number of esters is 4. The summed E-state index contributed by atoms with van der Waals surface area (Å²) < 4.78 is 68.9. The predicted octanol–water partition coefficient (Wildman–Crippen LogP) is 26.7. The maximum absolute atomic E-state index is 13.2. The summed E-state index contributed by atoms with van der Waals surface area (Å²) in [7, 11) is -9.93. The Morgan fingerprint density at radius 3 is 0.664 bits per heavy atom. The third kappa shape index (κ3) is 79.1.